The first-order chi connectivity index (χ1) is 19.5. The van der Waals surface area contributed by atoms with Crippen LogP contribution in [-0.2, 0) is 18.0 Å². The van der Waals surface area contributed by atoms with Crippen LogP contribution in [-0.4, -0.2) is 22.4 Å². The number of ether oxygens (including phenoxy) is 3. The highest BCUT2D eigenvalue weighted by Gasteiger charge is 2.21. The van der Waals surface area contributed by atoms with E-state index in [0.29, 0.717) is 51.7 Å². The van der Waals surface area contributed by atoms with Crippen LogP contribution >= 0.6 is 23.2 Å². The van der Waals surface area contributed by atoms with Gasteiger partial charge in [-0.15, -0.1) is 0 Å². The largest absolute Gasteiger partial charge is 0.489 e. The zero-order valence-corrected chi connectivity index (χ0v) is 23.2. The average molecular weight is 573 g/mol. The predicted molar refractivity (Wildman–Crippen MR) is 157 cm³/mol. The number of para-hydroxylation sites is 1. The molecule has 5 rings (SSSR count). The normalized spacial score (nSPS) is 10.8. The van der Waals surface area contributed by atoms with Crippen molar-refractivity contribution in [3.8, 4) is 28.4 Å². The molecule has 0 saturated heterocycles. The van der Waals surface area contributed by atoms with E-state index in [1.54, 1.807) is 17.7 Å². The summed E-state index contributed by atoms with van der Waals surface area (Å²) < 4.78 is 19.2. The standard InChI is InChI=1S/C32H26Cl2N2O4/c1-2-38-32(37)30-19-29(35-36(30)26-6-4-3-5-7-26)28-17-16-27(39-20-22-8-12-24(33)13-9-22)18-31(28)40-21-23-10-14-25(34)15-11-23/h3-19H,2,20-21H2,1H3. The molecule has 1 aromatic heterocycles. The molecule has 202 valence electrons. The number of aromatic nitrogens is 2. The van der Waals surface area contributed by atoms with Gasteiger partial charge in [-0.25, -0.2) is 9.48 Å². The number of carbonyl (C=O) groups is 1. The van der Waals surface area contributed by atoms with Crippen molar-refractivity contribution in [2.24, 2.45) is 0 Å². The summed E-state index contributed by atoms with van der Waals surface area (Å²) in [5, 5.41) is 6.10. The Kier molecular flexibility index (Phi) is 8.69. The van der Waals surface area contributed by atoms with Gasteiger partial charge in [0.15, 0.2) is 5.69 Å². The maximum absolute atomic E-state index is 12.8. The lowest BCUT2D eigenvalue weighted by Crippen LogP contribution is -2.11. The Morgan fingerprint density at radius 1 is 0.775 bits per heavy atom. The van der Waals surface area contributed by atoms with Gasteiger partial charge in [0.1, 0.15) is 24.7 Å². The molecule has 0 spiro atoms. The Labute approximate surface area is 242 Å². The molecule has 0 atom stereocenters. The van der Waals surface area contributed by atoms with Gasteiger partial charge in [0.2, 0.25) is 0 Å². The van der Waals surface area contributed by atoms with Gasteiger partial charge in [-0.1, -0.05) is 65.7 Å². The highest BCUT2D eigenvalue weighted by molar-refractivity contribution is 6.30. The third kappa shape index (κ3) is 6.65. The quantitative estimate of drug-likeness (QED) is 0.158. The Hall–Kier alpha value is -4.26. The van der Waals surface area contributed by atoms with Crippen molar-refractivity contribution in [1.82, 2.24) is 9.78 Å². The fraction of sp³-hybridized carbons (Fsp3) is 0.125. The van der Waals surface area contributed by atoms with Crippen LogP contribution in [0.1, 0.15) is 28.5 Å². The summed E-state index contributed by atoms with van der Waals surface area (Å²) in [6.45, 7) is 2.69. The lowest BCUT2D eigenvalue weighted by atomic mass is 10.1. The van der Waals surface area contributed by atoms with Crippen LogP contribution < -0.4 is 9.47 Å². The van der Waals surface area contributed by atoms with E-state index in [4.69, 9.17) is 42.5 Å². The van der Waals surface area contributed by atoms with Gasteiger partial charge < -0.3 is 14.2 Å². The summed E-state index contributed by atoms with van der Waals surface area (Å²) >= 11 is 12.1. The Morgan fingerprint density at radius 3 is 2.02 bits per heavy atom. The van der Waals surface area contributed by atoms with Crippen molar-refractivity contribution in [1.29, 1.82) is 0 Å². The monoisotopic (exact) mass is 572 g/mol. The molecule has 0 unspecified atom stereocenters. The fourth-order valence-corrected chi connectivity index (χ4v) is 4.29. The molecular formula is C32H26Cl2N2O4. The minimum absolute atomic E-state index is 0.253. The number of hydrogen-bond donors (Lipinski definition) is 0. The summed E-state index contributed by atoms with van der Waals surface area (Å²) in [4.78, 5) is 12.8. The molecule has 0 amide bonds. The number of hydrogen-bond acceptors (Lipinski definition) is 5. The summed E-state index contributed by atoms with van der Waals surface area (Å²) in [7, 11) is 0. The van der Waals surface area contributed by atoms with E-state index >= 15 is 0 Å². The number of halogens is 2. The van der Waals surface area contributed by atoms with E-state index in [1.807, 2.05) is 97.1 Å². The minimum Gasteiger partial charge on any atom is -0.489 e. The van der Waals surface area contributed by atoms with E-state index in [1.165, 1.54) is 0 Å². The highest BCUT2D eigenvalue weighted by Crippen LogP contribution is 2.35. The zero-order valence-electron chi connectivity index (χ0n) is 21.7. The molecule has 8 heteroatoms. The summed E-state index contributed by atoms with van der Waals surface area (Å²) in [5.41, 5.74) is 4.25. The van der Waals surface area contributed by atoms with Crippen molar-refractivity contribution in [3.63, 3.8) is 0 Å². The molecule has 0 aliphatic rings. The van der Waals surface area contributed by atoms with Crippen LogP contribution in [0.25, 0.3) is 16.9 Å². The Bertz CT molecular complexity index is 1580. The Morgan fingerprint density at radius 2 is 1.40 bits per heavy atom. The van der Waals surface area contributed by atoms with Crippen molar-refractivity contribution in [2.75, 3.05) is 6.61 Å². The van der Waals surface area contributed by atoms with Crippen LogP contribution in [0.15, 0.2) is 103 Å². The predicted octanol–water partition coefficient (Wildman–Crippen LogP) is 8.18. The molecule has 1 heterocycles. The number of rotatable bonds is 10. The summed E-state index contributed by atoms with van der Waals surface area (Å²) in [6, 6.07) is 31.7. The van der Waals surface area contributed by atoms with Gasteiger partial charge in [0.25, 0.3) is 0 Å². The van der Waals surface area contributed by atoms with Gasteiger partial charge in [-0.3, -0.25) is 0 Å². The van der Waals surface area contributed by atoms with Gasteiger partial charge in [0, 0.05) is 21.7 Å². The van der Waals surface area contributed by atoms with E-state index in [-0.39, 0.29) is 6.61 Å². The molecule has 0 N–H and O–H groups in total. The molecule has 0 aliphatic carbocycles. The minimum atomic E-state index is -0.461. The maximum atomic E-state index is 12.8. The average Bonchev–Trinajstić information content (AvgIpc) is 3.43. The van der Waals surface area contributed by atoms with Crippen LogP contribution in [0.3, 0.4) is 0 Å². The van der Waals surface area contributed by atoms with Crippen LogP contribution in [0.4, 0.5) is 0 Å². The summed E-state index contributed by atoms with van der Waals surface area (Å²) in [5.74, 6) is 0.714. The smallest absolute Gasteiger partial charge is 0.357 e. The lowest BCUT2D eigenvalue weighted by Gasteiger charge is -2.14. The van der Waals surface area contributed by atoms with Gasteiger partial charge >= 0.3 is 5.97 Å². The van der Waals surface area contributed by atoms with E-state index in [2.05, 4.69) is 0 Å². The maximum Gasteiger partial charge on any atom is 0.357 e. The first-order valence-electron chi connectivity index (χ1n) is 12.7. The number of nitrogens with zero attached hydrogens (tertiary/aromatic N) is 2. The van der Waals surface area contributed by atoms with Gasteiger partial charge in [-0.05, 0) is 72.6 Å². The van der Waals surface area contributed by atoms with Gasteiger partial charge in [-0.2, -0.15) is 5.10 Å². The van der Waals surface area contributed by atoms with E-state index in [0.717, 1.165) is 16.8 Å². The van der Waals surface area contributed by atoms with Crippen molar-refractivity contribution < 1.29 is 19.0 Å². The van der Waals surface area contributed by atoms with Crippen molar-refractivity contribution in [2.45, 2.75) is 20.1 Å². The van der Waals surface area contributed by atoms with E-state index in [9.17, 15) is 4.79 Å². The second-order valence-corrected chi connectivity index (χ2v) is 9.74. The topological polar surface area (TPSA) is 62.6 Å². The van der Waals surface area contributed by atoms with Crippen molar-refractivity contribution in [3.05, 3.63) is 130 Å². The second-order valence-electron chi connectivity index (χ2n) is 8.87. The lowest BCUT2D eigenvalue weighted by molar-refractivity contribution is 0.0515. The van der Waals surface area contributed by atoms with Crippen LogP contribution in [0.5, 0.6) is 11.5 Å². The number of esters is 1. The molecule has 4 aromatic carbocycles. The van der Waals surface area contributed by atoms with Crippen LogP contribution in [0, 0.1) is 0 Å². The molecule has 40 heavy (non-hydrogen) atoms. The van der Waals surface area contributed by atoms with Crippen molar-refractivity contribution >= 4 is 29.2 Å². The molecule has 6 nitrogen and oxygen atoms in total. The molecule has 0 saturated carbocycles. The van der Waals surface area contributed by atoms with Gasteiger partial charge in [0.05, 0.1) is 18.0 Å². The second kappa shape index (κ2) is 12.7. The first kappa shape index (κ1) is 27.3. The molecule has 0 fully saturated rings. The number of benzene rings is 4. The summed E-state index contributed by atoms with van der Waals surface area (Å²) in [6.07, 6.45) is 0. The molecule has 5 aromatic rings. The SMILES string of the molecule is CCOC(=O)c1cc(-c2ccc(OCc3ccc(Cl)cc3)cc2OCc2ccc(Cl)cc2)nn1-c1ccccc1. The van der Waals surface area contributed by atoms with Crippen LogP contribution in [0.2, 0.25) is 10.0 Å². The third-order valence-corrected chi connectivity index (χ3v) is 6.55. The highest BCUT2D eigenvalue weighted by atomic mass is 35.5. The zero-order chi connectivity index (χ0) is 27.9. The van der Waals surface area contributed by atoms with E-state index < -0.39 is 5.97 Å². The molecular weight excluding hydrogens is 547 g/mol. The Balaban J connectivity index is 1.50. The fourth-order valence-electron chi connectivity index (χ4n) is 4.04. The molecule has 0 aliphatic heterocycles. The number of carbonyl (C=O) groups excluding carboxylic acids is 1. The molecule has 0 bridgehead atoms. The molecule has 0 radical (unpaired) electrons. The third-order valence-electron chi connectivity index (χ3n) is 6.05. The first-order valence-corrected chi connectivity index (χ1v) is 13.5.